The van der Waals surface area contributed by atoms with Crippen LogP contribution in [0.3, 0.4) is 0 Å². The van der Waals surface area contributed by atoms with Crippen LogP contribution in [-0.4, -0.2) is 7.05 Å². The Morgan fingerprint density at radius 2 is 1.75 bits per heavy atom. The molecule has 0 saturated heterocycles. The van der Waals surface area contributed by atoms with E-state index in [1.54, 1.807) is 26.1 Å². The van der Waals surface area contributed by atoms with Crippen LogP contribution in [0.4, 0.5) is 13.2 Å². The van der Waals surface area contributed by atoms with Crippen LogP contribution in [0, 0.1) is 24.4 Å². The molecule has 2 aromatic carbocycles. The Morgan fingerprint density at radius 1 is 1.10 bits per heavy atom. The molecule has 20 heavy (non-hydrogen) atoms. The fraction of sp³-hybridized carbons (Fsp3) is 0.200. The van der Waals surface area contributed by atoms with Gasteiger partial charge in [0.05, 0.1) is 0 Å². The highest BCUT2D eigenvalue weighted by molar-refractivity contribution is 5.38. The van der Waals surface area contributed by atoms with Crippen molar-refractivity contribution in [1.29, 1.82) is 0 Å². The van der Waals surface area contributed by atoms with Crippen molar-refractivity contribution in [1.82, 2.24) is 5.32 Å². The number of ether oxygens (including phenoxy) is 1. The van der Waals surface area contributed by atoms with Gasteiger partial charge in [-0.3, -0.25) is 0 Å². The molecule has 0 aliphatic rings. The lowest BCUT2D eigenvalue weighted by atomic mass is 10.2. The molecule has 0 atom stereocenters. The van der Waals surface area contributed by atoms with Gasteiger partial charge in [-0.1, -0.05) is 12.1 Å². The normalized spacial score (nSPS) is 10.7. The van der Waals surface area contributed by atoms with Gasteiger partial charge in [-0.05, 0) is 43.3 Å². The van der Waals surface area contributed by atoms with Gasteiger partial charge in [-0.2, -0.15) is 0 Å². The maximum absolute atomic E-state index is 13.8. The third-order valence-corrected chi connectivity index (χ3v) is 2.81. The maximum atomic E-state index is 13.8. The zero-order valence-electron chi connectivity index (χ0n) is 11.1. The van der Waals surface area contributed by atoms with Crippen molar-refractivity contribution < 1.29 is 17.9 Å². The molecule has 106 valence electrons. The molecule has 0 aliphatic heterocycles. The first-order chi connectivity index (χ1) is 9.52. The van der Waals surface area contributed by atoms with Gasteiger partial charge in [0.25, 0.3) is 0 Å². The minimum atomic E-state index is -0.865. The highest BCUT2D eigenvalue weighted by Crippen LogP contribution is 2.31. The second-order valence-corrected chi connectivity index (χ2v) is 4.41. The summed E-state index contributed by atoms with van der Waals surface area (Å²) < 4.78 is 46.5. The Bertz CT molecular complexity index is 606. The Kier molecular flexibility index (Phi) is 4.29. The van der Waals surface area contributed by atoms with E-state index < -0.39 is 23.2 Å². The number of aryl methyl sites for hydroxylation is 1. The molecule has 0 heterocycles. The van der Waals surface area contributed by atoms with Gasteiger partial charge in [0.15, 0.2) is 29.0 Å². The van der Waals surface area contributed by atoms with E-state index >= 15 is 0 Å². The molecule has 0 aliphatic carbocycles. The number of nitrogens with one attached hydrogen (secondary N) is 1. The van der Waals surface area contributed by atoms with Crippen molar-refractivity contribution in [3.63, 3.8) is 0 Å². The molecule has 2 aromatic rings. The lowest BCUT2D eigenvalue weighted by molar-refractivity contribution is 0.385. The third-order valence-electron chi connectivity index (χ3n) is 2.81. The van der Waals surface area contributed by atoms with E-state index in [0.29, 0.717) is 17.7 Å². The second-order valence-electron chi connectivity index (χ2n) is 4.41. The van der Waals surface area contributed by atoms with Gasteiger partial charge < -0.3 is 10.1 Å². The molecular formula is C15H14F3NO. The topological polar surface area (TPSA) is 21.3 Å². The summed E-state index contributed by atoms with van der Waals surface area (Å²) in [5, 5.41) is 2.79. The average molecular weight is 281 g/mol. The highest BCUT2D eigenvalue weighted by atomic mass is 19.1. The molecule has 0 fully saturated rings. The van der Waals surface area contributed by atoms with Gasteiger partial charge in [0.2, 0.25) is 0 Å². The van der Waals surface area contributed by atoms with E-state index in [0.717, 1.165) is 12.1 Å². The summed E-state index contributed by atoms with van der Waals surface area (Å²) in [4.78, 5) is 0. The average Bonchev–Trinajstić information content (AvgIpc) is 2.39. The minimum absolute atomic E-state index is 0.204. The smallest absolute Gasteiger partial charge is 0.198 e. The summed E-state index contributed by atoms with van der Waals surface area (Å²) in [6.07, 6.45) is 0. The molecule has 0 amide bonds. The number of halogens is 3. The van der Waals surface area contributed by atoms with Crippen LogP contribution in [0.15, 0.2) is 30.3 Å². The zero-order chi connectivity index (χ0) is 14.7. The van der Waals surface area contributed by atoms with Gasteiger partial charge >= 0.3 is 0 Å². The predicted octanol–water partition coefficient (Wildman–Crippen LogP) is 3.92. The monoisotopic (exact) mass is 281 g/mol. The van der Waals surface area contributed by atoms with Crippen LogP contribution in [-0.2, 0) is 6.54 Å². The van der Waals surface area contributed by atoms with E-state index in [9.17, 15) is 13.2 Å². The Morgan fingerprint density at radius 3 is 2.35 bits per heavy atom. The van der Waals surface area contributed by atoms with Gasteiger partial charge in [-0.15, -0.1) is 0 Å². The van der Waals surface area contributed by atoms with Gasteiger partial charge in [0, 0.05) is 6.54 Å². The third kappa shape index (κ3) is 2.93. The lowest BCUT2D eigenvalue weighted by Crippen LogP contribution is -2.06. The zero-order valence-corrected chi connectivity index (χ0v) is 11.1. The first-order valence-electron chi connectivity index (χ1n) is 6.08. The number of benzene rings is 2. The molecule has 0 radical (unpaired) electrons. The van der Waals surface area contributed by atoms with E-state index in [-0.39, 0.29) is 5.75 Å². The number of hydrogen-bond acceptors (Lipinski definition) is 2. The van der Waals surface area contributed by atoms with E-state index in [1.807, 2.05) is 0 Å². The van der Waals surface area contributed by atoms with Crippen molar-refractivity contribution in [2.24, 2.45) is 0 Å². The molecule has 2 rings (SSSR count). The van der Waals surface area contributed by atoms with Crippen LogP contribution >= 0.6 is 0 Å². The van der Waals surface area contributed by atoms with Crippen molar-refractivity contribution in [3.8, 4) is 11.5 Å². The summed E-state index contributed by atoms with van der Waals surface area (Å²) in [7, 11) is 1.67. The first kappa shape index (κ1) is 14.4. The summed E-state index contributed by atoms with van der Waals surface area (Å²) in [5.74, 6) is -3.17. The summed E-state index contributed by atoms with van der Waals surface area (Å²) in [5.41, 5.74) is 0.787. The highest BCUT2D eigenvalue weighted by Gasteiger charge is 2.16. The van der Waals surface area contributed by atoms with Crippen LogP contribution in [0.2, 0.25) is 0 Å². The van der Waals surface area contributed by atoms with Crippen molar-refractivity contribution in [2.75, 3.05) is 7.05 Å². The Hall–Kier alpha value is -2.01. The minimum Gasteiger partial charge on any atom is -0.448 e. The molecule has 5 heteroatoms. The summed E-state index contributed by atoms with van der Waals surface area (Å²) in [6.45, 7) is 1.87. The number of hydrogen-bond donors (Lipinski definition) is 1. The van der Waals surface area contributed by atoms with Crippen molar-refractivity contribution >= 4 is 0 Å². The Labute approximate surface area is 115 Å². The van der Waals surface area contributed by atoms with E-state index in [4.69, 9.17) is 4.74 Å². The predicted molar refractivity (Wildman–Crippen MR) is 70.3 cm³/mol. The molecule has 2 nitrogen and oxygen atoms in total. The van der Waals surface area contributed by atoms with Gasteiger partial charge in [-0.25, -0.2) is 13.2 Å². The van der Waals surface area contributed by atoms with Crippen LogP contribution in [0.25, 0.3) is 0 Å². The second kappa shape index (κ2) is 5.96. The molecule has 0 saturated carbocycles. The largest absolute Gasteiger partial charge is 0.448 e. The van der Waals surface area contributed by atoms with Crippen LogP contribution in [0.5, 0.6) is 11.5 Å². The maximum Gasteiger partial charge on any atom is 0.198 e. The fourth-order valence-corrected chi connectivity index (χ4v) is 1.83. The molecule has 1 N–H and O–H groups in total. The standard InChI is InChI=1S/C15H14F3NO/c1-9-4-3-5-13(14(9)18)20-15-11(16)6-10(8-19-2)7-12(15)17/h3-7,19H,8H2,1-2H3. The molecule has 0 bridgehead atoms. The number of rotatable bonds is 4. The van der Waals surface area contributed by atoms with Crippen molar-refractivity contribution in [2.45, 2.75) is 13.5 Å². The summed E-state index contributed by atoms with van der Waals surface area (Å²) in [6, 6.07) is 6.73. The fourth-order valence-electron chi connectivity index (χ4n) is 1.83. The summed E-state index contributed by atoms with van der Waals surface area (Å²) >= 11 is 0. The lowest BCUT2D eigenvalue weighted by Gasteiger charge is -2.11. The quantitative estimate of drug-likeness (QED) is 0.917. The molecule has 0 unspecified atom stereocenters. The molecular weight excluding hydrogens is 267 g/mol. The van der Waals surface area contributed by atoms with E-state index in [1.165, 1.54) is 6.07 Å². The molecule has 0 spiro atoms. The first-order valence-corrected chi connectivity index (χ1v) is 6.08. The molecule has 0 aromatic heterocycles. The van der Waals surface area contributed by atoms with Crippen LogP contribution in [0.1, 0.15) is 11.1 Å². The Balaban J connectivity index is 2.36. The van der Waals surface area contributed by atoms with Crippen molar-refractivity contribution in [3.05, 3.63) is 58.9 Å². The van der Waals surface area contributed by atoms with Crippen LogP contribution < -0.4 is 10.1 Å². The van der Waals surface area contributed by atoms with E-state index in [2.05, 4.69) is 5.32 Å². The SMILES string of the molecule is CNCc1cc(F)c(Oc2cccc(C)c2F)c(F)c1. The van der Waals surface area contributed by atoms with Gasteiger partial charge in [0.1, 0.15) is 0 Å².